The Kier molecular flexibility index (Phi) is 12.4. The van der Waals surface area contributed by atoms with E-state index in [1.165, 1.54) is 0 Å². The van der Waals surface area contributed by atoms with Gasteiger partial charge in [-0.15, -0.1) is 0 Å². The molecule has 0 spiro atoms. The van der Waals surface area contributed by atoms with Crippen LogP contribution in [0.5, 0.6) is 0 Å². The number of rotatable bonds is 8. The molecule has 77 heavy (non-hydrogen) atoms. The topological polar surface area (TPSA) is 121 Å². The maximum absolute atomic E-state index is 11.4. The maximum atomic E-state index is 11.4. The lowest BCUT2D eigenvalue weighted by Gasteiger charge is -2.34. The molecular weight excluding hydrogens is 937 g/mol. The number of nitrogens with zero attached hydrogens (tertiary/aromatic N) is 6. The van der Waals surface area contributed by atoms with Crippen LogP contribution in [0.4, 0.5) is 0 Å². The molecule has 0 saturated heterocycles. The summed E-state index contributed by atoms with van der Waals surface area (Å²) in [5.74, 6) is 0. The second kappa shape index (κ2) is 19.4. The van der Waals surface area contributed by atoms with Gasteiger partial charge in [-0.05, 0) is 78.6 Å². The number of aromatic nitrogens is 2. The molecule has 6 heteroatoms. The van der Waals surface area contributed by atoms with Gasteiger partial charge >= 0.3 is 0 Å². The van der Waals surface area contributed by atoms with Gasteiger partial charge in [0.2, 0.25) is 0 Å². The summed E-state index contributed by atoms with van der Waals surface area (Å²) in [5, 5.41) is 45.4. The highest BCUT2D eigenvalue weighted by atomic mass is 14.7. The Morgan fingerprint density at radius 2 is 0.597 bits per heavy atom. The Morgan fingerprint density at radius 1 is 0.325 bits per heavy atom. The molecule has 366 valence electrons. The van der Waals surface area contributed by atoms with Crippen LogP contribution in [0, 0.1) is 45.3 Å². The zero-order valence-electron chi connectivity index (χ0n) is 43.8. The third-order valence-electron chi connectivity index (χ3n) is 15.1. The Morgan fingerprint density at radius 3 is 0.883 bits per heavy atom. The van der Waals surface area contributed by atoms with Gasteiger partial charge in [-0.25, -0.2) is 9.97 Å². The van der Waals surface area contributed by atoms with Crippen LogP contribution in [0.1, 0.15) is 97.2 Å². The first-order valence-corrected chi connectivity index (χ1v) is 25.8. The van der Waals surface area contributed by atoms with Gasteiger partial charge in [-0.3, -0.25) is 0 Å². The monoisotopic (exact) mass is 988 g/mol. The summed E-state index contributed by atoms with van der Waals surface area (Å²) >= 11 is 0. The van der Waals surface area contributed by atoms with Gasteiger partial charge < -0.3 is 0 Å². The average Bonchev–Trinajstić information content (AvgIpc) is 3.89. The van der Waals surface area contributed by atoms with E-state index in [1.54, 1.807) is 0 Å². The van der Waals surface area contributed by atoms with Crippen molar-refractivity contribution in [2.75, 3.05) is 0 Å². The highest BCUT2D eigenvalue weighted by molar-refractivity contribution is 5.97. The van der Waals surface area contributed by atoms with E-state index in [-0.39, 0.29) is 22.0 Å². The Bertz CT molecular complexity index is 3830. The summed E-state index contributed by atoms with van der Waals surface area (Å²) in [6.45, 7) is 13.0. The van der Waals surface area contributed by atoms with Crippen molar-refractivity contribution < 1.29 is 0 Å². The first-order chi connectivity index (χ1) is 37.3. The molecule has 1 aliphatic rings. The molecule has 0 atom stereocenters. The summed E-state index contributed by atoms with van der Waals surface area (Å²) in [6, 6.07) is 79.4. The van der Waals surface area contributed by atoms with Crippen molar-refractivity contribution in [3.05, 3.63) is 262 Å². The minimum absolute atomic E-state index is 0.0983. The van der Waals surface area contributed by atoms with E-state index >= 15 is 0 Å². The van der Waals surface area contributed by atoms with Crippen molar-refractivity contribution in [2.45, 2.75) is 57.8 Å². The molecule has 8 aromatic carbocycles. The van der Waals surface area contributed by atoms with Crippen LogP contribution in [0.2, 0.25) is 0 Å². The molecule has 0 amide bonds. The van der Waals surface area contributed by atoms with Gasteiger partial charge in [0.25, 0.3) is 0 Å². The van der Waals surface area contributed by atoms with Crippen LogP contribution >= 0.6 is 0 Å². The summed E-state index contributed by atoms with van der Waals surface area (Å²) in [6.07, 6.45) is 0. The van der Waals surface area contributed by atoms with Crippen molar-refractivity contribution in [3.8, 4) is 103 Å². The minimum Gasteiger partial charge on any atom is -0.245 e. The van der Waals surface area contributed by atoms with Crippen molar-refractivity contribution in [1.82, 2.24) is 9.97 Å². The zero-order valence-corrected chi connectivity index (χ0v) is 43.8. The van der Waals surface area contributed by atoms with Crippen molar-refractivity contribution in [2.24, 2.45) is 0 Å². The molecule has 0 N–H and O–H groups in total. The van der Waals surface area contributed by atoms with E-state index in [0.29, 0.717) is 56.2 Å². The number of benzene rings is 8. The van der Waals surface area contributed by atoms with Gasteiger partial charge in [0, 0.05) is 33.4 Å². The Labute approximate surface area is 451 Å². The standard InChI is InChI=1S/C71H52N6/c1-69(2,3)51-33-27-47(28-34-51)67-59(43-74)63(57(41-72)65(76-67)45-19-11-7-12-20-45)49-31-37-61-55(39-49)56-40-50(32-38-62(56)71(61,53-23-15-9-16-24-53)54-25-17-10-18-26-54)64-58(42-73)66(46-21-13-8-14-22-46)77-68(60(64)44-75)48-29-35-52(36-30-48)70(4,5)6/h7-40H,1-6H3. The maximum Gasteiger partial charge on any atom is 0.102 e. The molecule has 0 unspecified atom stereocenters. The fourth-order valence-corrected chi connectivity index (χ4v) is 11.3. The number of hydrogen-bond acceptors (Lipinski definition) is 6. The van der Waals surface area contributed by atoms with Crippen LogP contribution < -0.4 is 0 Å². The Hall–Kier alpha value is -9.98. The van der Waals surface area contributed by atoms with Crippen LogP contribution in [-0.4, -0.2) is 9.97 Å². The van der Waals surface area contributed by atoms with Crippen LogP contribution in [0.25, 0.3) is 78.4 Å². The van der Waals surface area contributed by atoms with E-state index in [2.05, 4.69) is 163 Å². The lowest BCUT2D eigenvalue weighted by molar-refractivity contribution is 0.590. The van der Waals surface area contributed by atoms with Gasteiger partial charge in [0.05, 0.1) is 50.4 Å². The van der Waals surface area contributed by atoms with E-state index in [1.807, 2.05) is 109 Å². The molecule has 0 saturated carbocycles. The molecule has 6 nitrogen and oxygen atoms in total. The third-order valence-corrected chi connectivity index (χ3v) is 15.1. The minimum atomic E-state index is -0.836. The molecule has 0 aliphatic heterocycles. The first kappa shape index (κ1) is 49.2. The fourth-order valence-electron chi connectivity index (χ4n) is 11.3. The summed E-state index contributed by atoms with van der Waals surface area (Å²) in [4.78, 5) is 10.4. The molecule has 2 heterocycles. The van der Waals surface area contributed by atoms with Crippen LogP contribution in [0.3, 0.4) is 0 Å². The molecule has 0 bridgehead atoms. The third kappa shape index (κ3) is 8.35. The van der Waals surface area contributed by atoms with Crippen molar-refractivity contribution >= 4 is 0 Å². The molecule has 0 fully saturated rings. The largest absolute Gasteiger partial charge is 0.245 e. The lowest BCUT2D eigenvalue weighted by atomic mass is 9.67. The highest BCUT2D eigenvalue weighted by Crippen LogP contribution is 2.58. The van der Waals surface area contributed by atoms with Crippen molar-refractivity contribution in [1.29, 1.82) is 21.0 Å². The second-order valence-corrected chi connectivity index (χ2v) is 21.7. The molecule has 2 aromatic heterocycles. The smallest absolute Gasteiger partial charge is 0.102 e. The van der Waals surface area contributed by atoms with E-state index in [9.17, 15) is 21.0 Å². The molecule has 0 radical (unpaired) electrons. The molecule has 1 aliphatic carbocycles. The molecular formula is C71H52N6. The fraction of sp³-hybridized carbons (Fsp3) is 0.127. The normalized spacial score (nSPS) is 12.3. The number of nitriles is 4. The van der Waals surface area contributed by atoms with Gasteiger partial charge in [0.1, 0.15) is 24.3 Å². The van der Waals surface area contributed by atoms with E-state index in [4.69, 9.17) is 9.97 Å². The quantitative estimate of drug-likeness (QED) is 0.149. The summed E-state index contributed by atoms with van der Waals surface area (Å²) in [7, 11) is 0. The zero-order chi connectivity index (χ0) is 53.6. The number of fused-ring (bicyclic) bond motifs is 3. The van der Waals surface area contributed by atoms with Gasteiger partial charge in [-0.2, -0.15) is 21.0 Å². The second-order valence-electron chi connectivity index (χ2n) is 21.7. The van der Waals surface area contributed by atoms with Gasteiger partial charge in [0.15, 0.2) is 0 Å². The van der Waals surface area contributed by atoms with Crippen molar-refractivity contribution in [3.63, 3.8) is 0 Å². The highest BCUT2D eigenvalue weighted by Gasteiger charge is 2.46. The van der Waals surface area contributed by atoms with Crippen LogP contribution in [0.15, 0.2) is 206 Å². The number of pyridine rings is 2. The van der Waals surface area contributed by atoms with E-state index in [0.717, 1.165) is 66.8 Å². The summed E-state index contributed by atoms with van der Waals surface area (Å²) < 4.78 is 0. The average molecular weight is 989 g/mol. The van der Waals surface area contributed by atoms with Crippen LogP contribution in [-0.2, 0) is 16.2 Å². The lowest BCUT2D eigenvalue weighted by Crippen LogP contribution is -2.28. The number of hydrogen-bond donors (Lipinski definition) is 0. The molecule has 10 aromatic rings. The first-order valence-electron chi connectivity index (χ1n) is 25.8. The molecule has 11 rings (SSSR count). The predicted molar refractivity (Wildman–Crippen MR) is 308 cm³/mol. The Balaban J connectivity index is 1.23. The van der Waals surface area contributed by atoms with E-state index < -0.39 is 5.41 Å². The predicted octanol–water partition coefficient (Wildman–Crippen LogP) is 16.9. The summed E-state index contributed by atoms with van der Waals surface area (Å²) in [5.41, 5.74) is 15.5. The SMILES string of the molecule is CC(C)(C)c1ccc(-c2nc(-c3ccccc3)c(C#N)c(-c3ccc4c(c3)-c3cc(-c5c(C#N)c(-c6ccccc6)nc(-c6ccc(C(C)(C)C)cc6)c5C#N)ccc3C4(c3ccccc3)c3ccccc3)c2C#N)cc1. The van der Waals surface area contributed by atoms with Gasteiger partial charge in [-0.1, -0.05) is 236 Å².